The smallest absolute Gasteiger partial charge is 0.0179 e. The molecule has 0 atom stereocenters. The van der Waals surface area contributed by atoms with Gasteiger partial charge >= 0.3 is 0 Å². The topological polar surface area (TPSA) is 0 Å². The Kier molecular flexibility index (Phi) is 5.34. The summed E-state index contributed by atoms with van der Waals surface area (Å²) in [6, 6.07) is 0. The van der Waals surface area contributed by atoms with Crippen molar-refractivity contribution in [2.75, 3.05) is 12.3 Å². The van der Waals surface area contributed by atoms with Crippen LogP contribution in [0.25, 0.3) is 0 Å². The summed E-state index contributed by atoms with van der Waals surface area (Å²) < 4.78 is 0. The molecule has 0 unspecified atom stereocenters. The van der Waals surface area contributed by atoms with Crippen LogP contribution < -0.4 is 0 Å². The fourth-order valence-corrected chi connectivity index (χ4v) is 3.97. The molecule has 0 aliphatic carbocycles. The van der Waals surface area contributed by atoms with E-state index in [1.54, 1.807) is 0 Å². The van der Waals surface area contributed by atoms with Gasteiger partial charge in [0.2, 0.25) is 0 Å². The highest BCUT2D eigenvalue weighted by Crippen LogP contribution is 2.49. The van der Waals surface area contributed by atoms with Gasteiger partial charge in [0.15, 0.2) is 0 Å². The summed E-state index contributed by atoms with van der Waals surface area (Å²) >= 11 is 0. The van der Waals surface area contributed by atoms with Crippen molar-refractivity contribution in [2.45, 2.75) is 52.6 Å². The fraction of sp³-hybridized carbons (Fsp3) is 1.00. The number of rotatable bonds is 4. The highest BCUT2D eigenvalue weighted by Gasteiger charge is 2.21. The van der Waals surface area contributed by atoms with E-state index in [-0.39, 0.29) is 0 Å². The molecule has 0 fully saturated rings. The SMILES string of the molecule is CCCP(CCC)C(C)(C)C. The van der Waals surface area contributed by atoms with E-state index in [4.69, 9.17) is 0 Å². The molecule has 0 aliphatic heterocycles. The van der Waals surface area contributed by atoms with Crippen LogP contribution in [0.2, 0.25) is 0 Å². The summed E-state index contributed by atoms with van der Waals surface area (Å²) in [5.41, 5.74) is 0. The molecule has 0 aromatic rings. The summed E-state index contributed by atoms with van der Waals surface area (Å²) in [7, 11) is 0.298. The summed E-state index contributed by atoms with van der Waals surface area (Å²) in [5.74, 6) is 0. The molecule has 0 aromatic carbocycles. The van der Waals surface area contributed by atoms with Gasteiger partial charge in [-0.2, -0.15) is 0 Å². The van der Waals surface area contributed by atoms with Crippen LogP contribution >= 0.6 is 7.92 Å². The Labute approximate surface area is 73.5 Å². The molecule has 0 heterocycles. The summed E-state index contributed by atoms with van der Waals surface area (Å²) in [6.07, 6.45) is 5.66. The highest BCUT2D eigenvalue weighted by molar-refractivity contribution is 7.59. The van der Waals surface area contributed by atoms with E-state index in [9.17, 15) is 0 Å². The standard InChI is InChI=1S/C10H23P/c1-6-8-11(9-7-2)10(3,4)5/h6-9H2,1-5H3. The Morgan fingerprint density at radius 2 is 1.27 bits per heavy atom. The zero-order valence-electron chi connectivity index (χ0n) is 8.78. The first-order valence-electron chi connectivity index (χ1n) is 4.77. The Balaban J connectivity index is 3.88. The van der Waals surface area contributed by atoms with Gasteiger partial charge in [-0.25, -0.2) is 0 Å². The predicted molar refractivity (Wildman–Crippen MR) is 57.0 cm³/mol. The fourth-order valence-electron chi connectivity index (χ4n) is 1.32. The zero-order valence-corrected chi connectivity index (χ0v) is 9.67. The van der Waals surface area contributed by atoms with Gasteiger partial charge < -0.3 is 0 Å². The van der Waals surface area contributed by atoms with Crippen LogP contribution in [-0.2, 0) is 0 Å². The first-order chi connectivity index (χ1) is 5.02. The third-order valence-electron chi connectivity index (χ3n) is 1.94. The van der Waals surface area contributed by atoms with Gasteiger partial charge in [-0.3, -0.25) is 0 Å². The highest BCUT2D eigenvalue weighted by atomic mass is 31.1. The third kappa shape index (κ3) is 4.80. The van der Waals surface area contributed by atoms with Crippen LogP contribution in [0.4, 0.5) is 0 Å². The maximum absolute atomic E-state index is 2.39. The van der Waals surface area contributed by atoms with Crippen molar-refractivity contribution < 1.29 is 0 Å². The Hall–Kier alpha value is 0.430. The van der Waals surface area contributed by atoms with Crippen LogP contribution in [0.15, 0.2) is 0 Å². The van der Waals surface area contributed by atoms with Crippen LogP contribution in [0.3, 0.4) is 0 Å². The lowest BCUT2D eigenvalue weighted by Crippen LogP contribution is -2.15. The molecule has 0 nitrogen and oxygen atoms in total. The van der Waals surface area contributed by atoms with Gasteiger partial charge in [0.25, 0.3) is 0 Å². The van der Waals surface area contributed by atoms with Crippen LogP contribution in [0, 0.1) is 0 Å². The van der Waals surface area contributed by atoms with Crippen LogP contribution in [-0.4, -0.2) is 17.5 Å². The second kappa shape index (κ2) is 5.14. The number of hydrogen-bond donors (Lipinski definition) is 0. The maximum atomic E-state index is 2.39. The van der Waals surface area contributed by atoms with E-state index in [0.717, 1.165) is 0 Å². The second-order valence-electron chi connectivity index (χ2n) is 4.16. The van der Waals surface area contributed by atoms with Crippen molar-refractivity contribution in [3.8, 4) is 0 Å². The minimum absolute atomic E-state index is 0.298. The molecule has 0 rings (SSSR count). The quantitative estimate of drug-likeness (QED) is 0.563. The van der Waals surface area contributed by atoms with E-state index in [0.29, 0.717) is 13.1 Å². The molecule has 0 bridgehead atoms. The van der Waals surface area contributed by atoms with Crippen LogP contribution in [0.1, 0.15) is 47.5 Å². The minimum Gasteiger partial charge on any atom is -0.101 e. The lowest BCUT2D eigenvalue weighted by atomic mass is 10.3. The molecule has 0 saturated carbocycles. The third-order valence-corrected chi connectivity index (χ3v) is 5.81. The van der Waals surface area contributed by atoms with Crippen molar-refractivity contribution >= 4 is 7.92 Å². The molecule has 68 valence electrons. The Bertz CT molecular complexity index is 85.5. The monoisotopic (exact) mass is 174 g/mol. The Morgan fingerprint density at radius 1 is 0.909 bits per heavy atom. The van der Waals surface area contributed by atoms with E-state index >= 15 is 0 Å². The van der Waals surface area contributed by atoms with E-state index < -0.39 is 0 Å². The van der Waals surface area contributed by atoms with Gasteiger partial charge in [0.1, 0.15) is 0 Å². The molecule has 0 spiro atoms. The summed E-state index contributed by atoms with van der Waals surface area (Å²) in [6.45, 7) is 11.8. The molecular weight excluding hydrogens is 151 g/mol. The molecule has 0 N–H and O–H groups in total. The minimum atomic E-state index is 0.298. The Morgan fingerprint density at radius 3 is 1.45 bits per heavy atom. The summed E-state index contributed by atoms with van der Waals surface area (Å²) in [5, 5.41) is 0.585. The van der Waals surface area contributed by atoms with Crippen molar-refractivity contribution in [1.29, 1.82) is 0 Å². The largest absolute Gasteiger partial charge is 0.101 e. The lowest BCUT2D eigenvalue weighted by molar-refractivity contribution is 0.771. The molecule has 0 saturated heterocycles. The van der Waals surface area contributed by atoms with Gasteiger partial charge in [-0.05, 0) is 17.5 Å². The van der Waals surface area contributed by atoms with Gasteiger partial charge in [-0.1, -0.05) is 47.5 Å². The molecule has 0 aliphatic rings. The molecule has 1 heteroatoms. The van der Waals surface area contributed by atoms with Gasteiger partial charge in [-0.15, -0.1) is 7.92 Å². The first kappa shape index (κ1) is 11.4. The molecule has 11 heavy (non-hydrogen) atoms. The normalized spacial score (nSPS) is 12.5. The molecular formula is C10H23P. The average Bonchev–Trinajstić information content (AvgIpc) is 1.85. The van der Waals surface area contributed by atoms with Crippen molar-refractivity contribution in [3.05, 3.63) is 0 Å². The van der Waals surface area contributed by atoms with Crippen molar-refractivity contribution in [2.24, 2.45) is 0 Å². The number of hydrogen-bond acceptors (Lipinski definition) is 0. The van der Waals surface area contributed by atoms with E-state index in [1.165, 1.54) is 25.2 Å². The van der Waals surface area contributed by atoms with Gasteiger partial charge in [0.05, 0.1) is 0 Å². The van der Waals surface area contributed by atoms with Crippen LogP contribution in [0.5, 0.6) is 0 Å². The predicted octanol–water partition coefficient (Wildman–Crippen LogP) is 4.09. The first-order valence-corrected chi connectivity index (χ1v) is 6.48. The van der Waals surface area contributed by atoms with E-state index in [1.807, 2.05) is 0 Å². The second-order valence-corrected chi connectivity index (χ2v) is 7.47. The molecule has 0 radical (unpaired) electrons. The van der Waals surface area contributed by atoms with Gasteiger partial charge in [0, 0.05) is 0 Å². The van der Waals surface area contributed by atoms with Crippen molar-refractivity contribution in [1.82, 2.24) is 0 Å². The molecule has 0 aromatic heterocycles. The van der Waals surface area contributed by atoms with Crippen molar-refractivity contribution in [3.63, 3.8) is 0 Å². The molecule has 0 amide bonds. The van der Waals surface area contributed by atoms with E-state index in [2.05, 4.69) is 34.6 Å². The maximum Gasteiger partial charge on any atom is -0.0179 e. The average molecular weight is 174 g/mol. The summed E-state index contributed by atoms with van der Waals surface area (Å²) in [4.78, 5) is 0. The zero-order chi connectivity index (χ0) is 8.91. The lowest BCUT2D eigenvalue weighted by Gasteiger charge is -2.31.